The van der Waals surface area contributed by atoms with Crippen molar-refractivity contribution >= 4 is 46.2 Å². The highest BCUT2D eigenvalue weighted by atomic mass is 32.1. The average Bonchev–Trinajstić information content (AvgIpc) is 3.44. The van der Waals surface area contributed by atoms with Crippen molar-refractivity contribution in [1.82, 2.24) is 19.8 Å². The first-order valence-corrected chi connectivity index (χ1v) is 12.4. The number of imidazole rings is 1. The topological polar surface area (TPSA) is 140 Å². The van der Waals surface area contributed by atoms with E-state index < -0.39 is 29.9 Å². The van der Waals surface area contributed by atoms with Gasteiger partial charge in [0.1, 0.15) is 11.6 Å². The van der Waals surface area contributed by atoms with Crippen LogP contribution in [0.3, 0.4) is 0 Å². The predicted octanol–water partition coefficient (Wildman–Crippen LogP) is 4.24. The lowest BCUT2D eigenvalue weighted by molar-refractivity contribution is -0.133. The number of thiophene rings is 1. The Labute approximate surface area is 220 Å². The zero-order chi connectivity index (χ0) is 27.6. The maximum absolute atomic E-state index is 12.9. The third kappa shape index (κ3) is 5.81. The van der Waals surface area contributed by atoms with E-state index in [-0.39, 0.29) is 27.2 Å². The van der Waals surface area contributed by atoms with Crippen molar-refractivity contribution in [1.29, 1.82) is 5.26 Å². The van der Waals surface area contributed by atoms with E-state index in [1.165, 1.54) is 37.0 Å². The average molecular weight is 543 g/mol. The van der Waals surface area contributed by atoms with Crippen LogP contribution in [0, 0.1) is 17.2 Å². The Morgan fingerprint density at radius 1 is 1.26 bits per heavy atom. The number of benzene rings is 1. The summed E-state index contributed by atoms with van der Waals surface area (Å²) in [5.41, 5.74) is 0.115. The Morgan fingerprint density at radius 2 is 1.97 bits per heavy atom. The summed E-state index contributed by atoms with van der Waals surface area (Å²) >= 11 is 0.714. The normalized spacial score (nSPS) is 14.3. The van der Waals surface area contributed by atoms with Crippen molar-refractivity contribution in [3.05, 3.63) is 57.8 Å². The van der Waals surface area contributed by atoms with Gasteiger partial charge < -0.3 is 19.9 Å². The minimum Gasteiger partial charge on any atom is -0.465 e. The summed E-state index contributed by atoms with van der Waals surface area (Å²) in [6.45, 7) is 4.16. The van der Waals surface area contributed by atoms with Crippen molar-refractivity contribution in [2.75, 3.05) is 18.4 Å². The van der Waals surface area contributed by atoms with Crippen LogP contribution in [0.25, 0.3) is 11.0 Å². The Hall–Kier alpha value is -4.31. The standard InChI is InChI=1S/C25H24F2N6O4S/c1-25(2,31-24(36)37)9-15(10-28)22(35)32-11-14(12-32)13-33-17-6-4-3-5-16(17)29-23(33)30-21(34)19-8-7-18(38-19)20(26)27/h3-9,14,20,31H,11-13H2,1-2H3,(H,36,37)(H,29,30,34). The first kappa shape index (κ1) is 26.7. The molecule has 0 radical (unpaired) electrons. The number of hydrogen-bond donors (Lipinski definition) is 3. The molecule has 1 aliphatic heterocycles. The molecule has 198 valence electrons. The van der Waals surface area contributed by atoms with Crippen molar-refractivity contribution in [3.63, 3.8) is 0 Å². The fourth-order valence-corrected chi connectivity index (χ4v) is 4.96. The maximum Gasteiger partial charge on any atom is 0.405 e. The molecule has 3 amide bonds. The molecular weight excluding hydrogens is 518 g/mol. The minimum absolute atomic E-state index is 0.00974. The lowest BCUT2D eigenvalue weighted by Crippen LogP contribution is -2.52. The molecular formula is C25H24F2N6O4S. The molecule has 3 aromatic rings. The van der Waals surface area contributed by atoms with Crippen LogP contribution < -0.4 is 10.6 Å². The van der Waals surface area contributed by atoms with Gasteiger partial charge in [-0.2, -0.15) is 5.26 Å². The summed E-state index contributed by atoms with van der Waals surface area (Å²) in [6.07, 6.45) is -2.65. The molecule has 2 aromatic heterocycles. The number of para-hydroxylation sites is 2. The van der Waals surface area contributed by atoms with Crippen molar-refractivity contribution in [2.45, 2.75) is 32.4 Å². The largest absolute Gasteiger partial charge is 0.465 e. The molecule has 10 nitrogen and oxygen atoms in total. The highest BCUT2D eigenvalue weighted by molar-refractivity contribution is 7.14. The van der Waals surface area contributed by atoms with Gasteiger partial charge in [-0.3, -0.25) is 14.9 Å². The van der Waals surface area contributed by atoms with Crippen LogP contribution >= 0.6 is 11.3 Å². The lowest BCUT2D eigenvalue weighted by atomic mass is 9.96. The summed E-state index contributed by atoms with van der Waals surface area (Å²) in [7, 11) is 0. The number of alkyl halides is 2. The maximum atomic E-state index is 12.9. The highest BCUT2D eigenvalue weighted by Gasteiger charge is 2.34. The zero-order valence-electron chi connectivity index (χ0n) is 20.4. The molecule has 1 aliphatic rings. The fraction of sp³-hybridized carbons (Fsp3) is 0.320. The first-order chi connectivity index (χ1) is 18.0. The molecule has 1 fully saturated rings. The van der Waals surface area contributed by atoms with Crippen LogP contribution in [-0.4, -0.2) is 56.1 Å². The second-order valence-corrected chi connectivity index (χ2v) is 10.5. The Bertz CT molecular complexity index is 1470. The van der Waals surface area contributed by atoms with Gasteiger partial charge in [0.15, 0.2) is 0 Å². The summed E-state index contributed by atoms with van der Waals surface area (Å²) < 4.78 is 27.7. The van der Waals surface area contributed by atoms with Gasteiger partial charge in [0.25, 0.3) is 18.2 Å². The highest BCUT2D eigenvalue weighted by Crippen LogP contribution is 2.29. The molecule has 3 heterocycles. The van der Waals surface area contributed by atoms with Gasteiger partial charge in [0, 0.05) is 25.6 Å². The van der Waals surface area contributed by atoms with Crippen LogP contribution in [0.4, 0.5) is 19.5 Å². The van der Waals surface area contributed by atoms with Crippen LogP contribution in [-0.2, 0) is 11.3 Å². The number of fused-ring (bicyclic) bond motifs is 1. The molecule has 0 saturated carbocycles. The molecule has 4 rings (SSSR count). The Morgan fingerprint density at radius 3 is 2.61 bits per heavy atom. The quantitative estimate of drug-likeness (QED) is 0.287. The zero-order valence-corrected chi connectivity index (χ0v) is 21.3. The van der Waals surface area contributed by atoms with E-state index in [1.54, 1.807) is 12.1 Å². The molecule has 38 heavy (non-hydrogen) atoms. The number of carbonyl (C=O) groups is 3. The van der Waals surface area contributed by atoms with Crippen molar-refractivity contribution in [3.8, 4) is 6.07 Å². The first-order valence-electron chi connectivity index (χ1n) is 11.5. The second kappa shape index (κ2) is 10.6. The third-order valence-electron chi connectivity index (χ3n) is 5.92. The molecule has 1 saturated heterocycles. The third-order valence-corrected chi connectivity index (χ3v) is 7.01. The number of anilines is 1. The number of hydrogen-bond acceptors (Lipinski definition) is 6. The van der Waals surface area contributed by atoms with Gasteiger partial charge in [-0.1, -0.05) is 12.1 Å². The van der Waals surface area contributed by atoms with Gasteiger partial charge in [0.05, 0.1) is 26.3 Å². The van der Waals surface area contributed by atoms with Crippen LogP contribution in [0.1, 0.15) is 34.8 Å². The van der Waals surface area contributed by atoms with Gasteiger partial charge in [-0.05, 0) is 44.2 Å². The Kier molecular flexibility index (Phi) is 7.45. The monoisotopic (exact) mass is 542 g/mol. The predicted molar refractivity (Wildman–Crippen MR) is 136 cm³/mol. The van der Waals surface area contributed by atoms with E-state index in [2.05, 4.69) is 15.6 Å². The summed E-state index contributed by atoms with van der Waals surface area (Å²) in [6, 6.07) is 11.7. The SMILES string of the molecule is CC(C)(C=C(C#N)C(=O)N1CC(Cn2c(NC(=O)c3ccc(C(F)F)s3)nc3ccccc32)C1)NC(=O)O. The number of nitriles is 1. The smallest absolute Gasteiger partial charge is 0.405 e. The molecule has 1 aromatic carbocycles. The Balaban J connectivity index is 1.47. The van der Waals surface area contributed by atoms with Gasteiger partial charge in [-0.25, -0.2) is 18.6 Å². The van der Waals surface area contributed by atoms with Crippen molar-refractivity contribution in [2.24, 2.45) is 5.92 Å². The number of amides is 3. The van der Waals surface area contributed by atoms with Gasteiger partial charge in [-0.15, -0.1) is 11.3 Å². The molecule has 0 spiro atoms. The molecule has 0 bridgehead atoms. The number of rotatable bonds is 8. The number of nitrogens with one attached hydrogen (secondary N) is 2. The summed E-state index contributed by atoms with van der Waals surface area (Å²) in [5, 5.41) is 23.4. The molecule has 0 aliphatic carbocycles. The van der Waals surface area contributed by atoms with E-state index in [1.807, 2.05) is 22.8 Å². The van der Waals surface area contributed by atoms with E-state index in [9.17, 15) is 28.4 Å². The van der Waals surface area contributed by atoms with Crippen molar-refractivity contribution < 1.29 is 28.3 Å². The summed E-state index contributed by atoms with van der Waals surface area (Å²) in [4.78, 5) is 42.5. The van der Waals surface area contributed by atoms with Crippen LogP contribution in [0.15, 0.2) is 48.0 Å². The van der Waals surface area contributed by atoms with E-state index in [0.717, 1.165) is 5.52 Å². The van der Waals surface area contributed by atoms with E-state index >= 15 is 0 Å². The van der Waals surface area contributed by atoms with E-state index in [4.69, 9.17) is 5.11 Å². The van der Waals surface area contributed by atoms with Gasteiger partial charge in [0.2, 0.25) is 5.95 Å². The van der Waals surface area contributed by atoms with Crippen LogP contribution in [0.2, 0.25) is 0 Å². The number of nitrogens with zero attached hydrogens (tertiary/aromatic N) is 4. The minimum atomic E-state index is -2.66. The summed E-state index contributed by atoms with van der Waals surface area (Å²) in [5.74, 6) is -0.803. The molecule has 3 N–H and O–H groups in total. The second-order valence-electron chi connectivity index (χ2n) is 9.39. The number of aromatic nitrogens is 2. The van der Waals surface area contributed by atoms with E-state index in [0.29, 0.717) is 36.5 Å². The number of halogens is 2. The molecule has 13 heteroatoms. The fourth-order valence-electron chi connectivity index (χ4n) is 4.21. The lowest BCUT2D eigenvalue weighted by Gasteiger charge is -2.39. The van der Waals surface area contributed by atoms with Gasteiger partial charge >= 0.3 is 6.09 Å². The molecule has 0 unspecified atom stereocenters. The number of likely N-dealkylation sites (tertiary alicyclic amines) is 1. The molecule has 0 atom stereocenters. The van der Waals surface area contributed by atoms with Crippen LogP contribution in [0.5, 0.6) is 0 Å². The number of carbonyl (C=O) groups excluding carboxylic acids is 2. The number of carboxylic acid groups (broad SMARTS) is 1.